The van der Waals surface area contributed by atoms with Gasteiger partial charge in [-0.25, -0.2) is 0 Å². The third-order valence-corrected chi connectivity index (χ3v) is 3.30. The monoisotopic (exact) mass is 295 g/mol. The normalized spacial score (nSPS) is 13.1. The van der Waals surface area contributed by atoms with Gasteiger partial charge in [0.2, 0.25) is 5.91 Å². The number of amides is 1. The average molecular weight is 295 g/mol. The highest BCUT2D eigenvalue weighted by molar-refractivity contribution is 5.86. The summed E-state index contributed by atoms with van der Waals surface area (Å²) in [6.07, 6.45) is -5.94. The van der Waals surface area contributed by atoms with Gasteiger partial charge in [0.05, 0.1) is 12.5 Å². The Labute approximate surface area is 121 Å². The van der Waals surface area contributed by atoms with Crippen LogP contribution in [0.5, 0.6) is 0 Å². The SMILES string of the molecule is CC(NC(=O)CCC(F)(F)F)c1cccc2ccccc12. The highest BCUT2D eigenvalue weighted by atomic mass is 19.4. The van der Waals surface area contributed by atoms with Crippen molar-refractivity contribution in [3.8, 4) is 0 Å². The first-order chi connectivity index (χ1) is 9.87. The number of hydrogen-bond donors (Lipinski definition) is 1. The van der Waals surface area contributed by atoms with Crippen LogP contribution in [-0.2, 0) is 4.79 Å². The maximum absolute atomic E-state index is 12.1. The van der Waals surface area contributed by atoms with E-state index in [0.717, 1.165) is 16.3 Å². The second-order valence-electron chi connectivity index (χ2n) is 4.97. The van der Waals surface area contributed by atoms with Gasteiger partial charge in [0.1, 0.15) is 0 Å². The van der Waals surface area contributed by atoms with Gasteiger partial charge in [0, 0.05) is 6.42 Å². The molecule has 0 bridgehead atoms. The maximum Gasteiger partial charge on any atom is 0.389 e. The van der Waals surface area contributed by atoms with Crippen LogP contribution in [0.2, 0.25) is 0 Å². The van der Waals surface area contributed by atoms with Crippen LogP contribution >= 0.6 is 0 Å². The molecule has 1 amide bonds. The van der Waals surface area contributed by atoms with Crippen molar-refractivity contribution in [3.05, 3.63) is 48.0 Å². The summed E-state index contributed by atoms with van der Waals surface area (Å²) in [6.45, 7) is 1.77. The molecule has 2 aromatic carbocycles. The molecule has 0 aliphatic rings. The smallest absolute Gasteiger partial charge is 0.350 e. The lowest BCUT2D eigenvalue weighted by molar-refractivity contribution is -0.144. The molecular formula is C16H16F3NO. The predicted octanol–water partition coefficient (Wildman–Crippen LogP) is 4.36. The molecule has 0 aliphatic heterocycles. The molecule has 5 heteroatoms. The molecule has 0 spiro atoms. The van der Waals surface area contributed by atoms with Gasteiger partial charge in [0.15, 0.2) is 0 Å². The molecule has 0 aliphatic carbocycles. The molecule has 21 heavy (non-hydrogen) atoms. The number of hydrogen-bond acceptors (Lipinski definition) is 1. The molecule has 2 aromatic rings. The second kappa shape index (κ2) is 6.16. The topological polar surface area (TPSA) is 29.1 Å². The van der Waals surface area contributed by atoms with Gasteiger partial charge in [0.25, 0.3) is 0 Å². The summed E-state index contributed by atoms with van der Waals surface area (Å²) in [7, 11) is 0. The summed E-state index contributed by atoms with van der Waals surface area (Å²) >= 11 is 0. The van der Waals surface area contributed by atoms with E-state index < -0.39 is 24.9 Å². The van der Waals surface area contributed by atoms with Gasteiger partial charge in [-0.05, 0) is 23.3 Å². The summed E-state index contributed by atoms with van der Waals surface area (Å²) in [5.41, 5.74) is 0.897. The number of nitrogens with one attached hydrogen (secondary N) is 1. The average Bonchev–Trinajstić information content (AvgIpc) is 2.43. The van der Waals surface area contributed by atoms with E-state index in [-0.39, 0.29) is 6.04 Å². The third kappa shape index (κ3) is 4.21. The number of fused-ring (bicyclic) bond motifs is 1. The predicted molar refractivity (Wildman–Crippen MR) is 75.8 cm³/mol. The van der Waals surface area contributed by atoms with E-state index in [1.807, 2.05) is 42.5 Å². The molecule has 0 radical (unpaired) electrons. The van der Waals surface area contributed by atoms with E-state index in [0.29, 0.717) is 0 Å². The molecular weight excluding hydrogens is 279 g/mol. The molecule has 0 fully saturated rings. The number of rotatable bonds is 4. The number of carbonyl (C=O) groups excluding carboxylic acids is 1. The number of benzene rings is 2. The highest BCUT2D eigenvalue weighted by Crippen LogP contribution is 2.25. The van der Waals surface area contributed by atoms with E-state index in [9.17, 15) is 18.0 Å². The fraction of sp³-hybridized carbons (Fsp3) is 0.312. The fourth-order valence-electron chi connectivity index (χ4n) is 2.27. The Hall–Kier alpha value is -2.04. The molecule has 2 nitrogen and oxygen atoms in total. The van der Waals surface area contributed by atoms with E-state index in [1.165, 1.54) is 0 Å². The molecule has 112 valence electrons. The van der Waals surface area contributed by atoms with Crippen molar-refractivity contribution in [2.45, 2.75) is 32.0 Å². The van der Waals surface area contributed by atoms with Crippen molar-refractivity contribution in [2.24, 2.45) is 0 Å². The van der Waals surface area contributed by atoms with E-state index >= 15 is 0 Å². The number of carbonyl (C=O) groups is 1. The molecule has 0 heterocycles. The first-order valence-corrected chi connectivity index (χ1v) is 6.70. The molecule has 0 saturated heterocycles. The van der Waals surface area contributed by atoms with Crippen molar-refractivity contribution in [2.75, 3.05) is 0 Å². The quantitative estimate of drug-likeness (QED) is 0.892. The summed E-state index contributed by atoms with van der Waals surface area (Å²) < 4.78 is 36.3. The van der Waals surface area contributed by atoms with Crippen LogP contribution in [0.15, 0.2) is 42.5 Å². The van der Waals surface area contributed by atoms with E-state index in [1.54, 1.807) is 6.92 Å². The zero-order valence-corrected chi connectivity index (χ0v) is 11.6. The van der Waals surface area contributed by atoms with Crippen molar-refractivity contribution in [3.63, 3.8) is 0 Å². The summed E-state index contributed by atoms with van der Waals surface area (Å²) in [5.74, 6) is -0.590. The summed E-state index contributed by atoms with van der Waals surface area (Å²) in [4.78, 5) is 11.6. The van der Waals surface area contributed by atoms with E-state index in [4.69, 9.17) is 0 Å². The van der Waals surface area contributed by atoms with Crippen molar-refractivity contribution >= 4 is 16.7 Å². The van der Waals surface area contributed by atoms with Gasteiger partial charge in [-0.1, -0.05) is 42.5 Å². The fourth-order valence-corrected chi connectivity index (χ4v) is 2.27. The Morgan fingerprint density at radius 1 is 1.14 bits per heavy atom. The van der Waals surface area contributed by atoms with Crippen molar-refractivity contribution in [1.82, 2.24) is 5.32 Å². The largest absolute Gasteiger partial charge is 0.389 e. The lowest BCUT2D eigenvalue weighted by Crippen LogP contribution is -2.27. The Bertz CT molecular complexity index is 631. The van der Waals surface area contributed by atoms with Gasteiger partial charge >= 0.3 is 6.18 Å². The first-order valence-electron chi connectivity index (χ1n) is 6.70. The van der Waals surface area contributed by atoms with Crippen LogP contribution in [0.25, 0.3) is 10.8 Å². The van der Waals surface area contributed by atoms with Gasteiger partial charge in [-0.2, -0.15) is 13.2 Å². The van der Waals surface area contributed by atoms with Crippen LogP contribution in [0.1, 0.15) is 31.4 Å². The van der Waals surface area contributed by atoms with Gasteiger partial charge < -0.3 is 5.32 Å². The lowest BCUT2D eigenvalue weighted by Gasteiger charge is -2.17. The maximum atomic E-state index is 12.1. The van der Waals surface area contributed by atoms with Crippen molar-refractivity contribution < 1.29 is 18.0 Å². The number of alkyl halides is 3. The molecule has 1 N–H and O–H groups in total. The van der Waals surface area contributed by atoms with Crippen LogP contribution in [-0.4, -0.2) is 12.1 Å². The lowest BCUT2D eigenvalue weighted by atomic mass is 9.99. The minimum atomic E-state index is -4.31. The first kappa shape index (κ1) is 15.4. The van der Waals surface area contributed by atoms with Crippen molar-refractivity contribution in [1.29, 1.82) is 0 Å². The molecule has 1 atom stereocenters. The molecule has 1 unspecified atom stereocenters. The summed E-state index contributed by atoms with van der Waals surface area (Å²) in [6, 6.07) is 13.1. The molecule has 0 saturated carbocycles. The Morgan fingerprint density at radius 3 is 2.52 bits per heavy atom. The third-order valence-electron chi connectivity index (χ3n) is 3.30. The van der Waals surface area contributed by atoms with Crippen LogP contribution in [0.4, 0.5) is 13.2 Å². The highest BCUT2D eigenvalue weighted by Gasteiger charge is 2.28. The second-order valence-corrected chi connectivity index (χ2v) is 4.97. The van der Waals surface area contributed by atoms with Gasteiger partial charge in [-0.3, -0.25) is 4.79 Å². The zero-order valence-electron chi connectivity index (χ0n) is 11.6. The summed E-state index contributed by atoms with van der Waals surface area (Å²) in [5, 5.41) is 4.65. The van der Waals surface area contributed by atoms with E-state index in [2.05, 4.69) is 5.32 Å². The Kier molecular flexibility index (Phi) is 4.50. The van der Waals surface area contributed by atoms with Crippen LogP contribution in [0.3, 0.4) is 0 Å². The molecule has 0 aromatic heterocycles. The zero-order chi connectivity index (χ0) is 15.5. The van der Waals surface area contributed by atoms with Crippen LogP contribution in [0, 0.1) is 0 Å². The number of halogens is 3. The Morgan fingerprint density at radius 2 is 1.81 bits per heavy atom. The van der Waals surface area contributed by atoms with Crippen LogP contribution < -0.4 is 5.32 Å². The molecule has 2 rings (SSSR count). The minimum absolute atomic E-state index is 0.336. The van der Waals surface area contributed by atoms with Gasteiger partial charge in [-0.15, -0.1) is 0 Å². The minimum Gasteiger partial charge on any atom is -0.350 e. The Balaban J connectivity index is 2.09. The standard InChI is InChI=1S/C16H16F3NO/c1-11(20-15(21)9-10-16(17,18)19)13-8-4-6-12-5-2-3-7-14(12)13/h2-8,11H,9-10H2,1H3,(H,20,21).